The highest BCUT2D eigenvalue weighted by molar-refractivity contribution is 7.09. The fourth-order valence-electron chi connectivity index (χ4n) is 1.62. The number of nitrogens with one attached hydrogen (secondary N) is 2. The summed E-state index contributed by atoms with van der Waals surface area (Å²) in [6, 6.07) is 0.419. The molecule has 0 fully saturated rings. The van der Waals surface area contributed by atoms with Gasteiger partial charge in [0.15, 0.2) is 0 Å². The van der Waals surface area contributed by atoms with E-state index in [2.05, 4.69) is 52.1 Å². The lowest BCUT2D eigenvalue weighted by atomic mass is 10.2. The lowest BCUT2D eigenvalue weighted by Gasteiger charge is -2.14. The minimum absolute atomic E-state index is 0.419. The molecule has 5 heteroatoms. The van der Waals surface area contributed by atoms with Crippen molar-refractivity contribution in [3.8, 4) is 0 Å². The van der Waals surface area contributed by atoms with Gasteiger partial charge in [0.1, 0.15) is 5.82 Å². The first-order valence-corrected chi connectivity index (χ1v) is 7.43. The van der Waals surface area contributed by atoms with E-state index in [-0.39, 0.29) is 0 Å². The van der Waals surface area contributed by atoms with Gasteiger partial charge in [-0.05, 0) is 19.8 Å². The smallest absolute Gasteiger partial charge is 0.225 e. The first-order valence-electron chi connectivity index (χ1n) is 6.49. The van der Waals surface area contributed by atoms with Crippen LogP contribution in [0.5, 0.6) is 0 Å². The summed E-state index contributed by atoms with van der Waals surface area (Å²) in [5.41, 5.74) is 1.01. The van der Waals surface area contributed by atoms with Crippen molar-refractivity contribution in [2.45, 2.75) is 39.7 Å². The highest BCUT2D eigenvalue weighted by Gasteiger charge is 2.10. The average molecular weight is 264 g/mol. The molecule has 2 aromatic heterocycles. The Morgan fingerprint density at radius 2 is 2.11 bits per heavy atom. The molecule has 2 aromatic rings. The number of nitrogens with zero attached hydrogens (tertiary/aromatic N) is 2. The molecule has 4 nitrogen and oxygen atoms in total. The van der Waals surface area contributed by atoms with Crippen LogP contribution in [0.25, 0.3) is 10.9 Å². The summed E-state index contributed by atoms with van der Waals surface area (Å²) in [4.78, 5) is 9.09. The predicted molar refractivity (Wildman–Crippen MR) is 79.6 cm³/mol. The molecule has 2 rings (SSSR count). The Hall–Kier alpha value is -1.36. The summed E-state index contributed by atoms with van der Waals surface area (Å²) in [5.74, 6) is 1.66. The van der Waals surface area contributed by atoms with Gasteiger partial charge in [-0.3, -0.25) is 0 Å². The number of hydrogen-bond acceptors (Lipinski definition) is 5. The molecule has 1 atom stereocenters. The monoisotopic (exact) mass is 264 g/mol. The molecule has 2 heterocycles. The number of rotatable bonds is 6. The van der Waals surface area contributed by atoms with Gasteiger partial charge in [0.2, 0.25) is 5.95 Å². The van der Waals surface area contributed by atoms with Crippen LogP contribution in [-0.2, 0) is 0 Å². The second-order valence-corrected chi connectivity index (χ2v) is 5.19. The second kappa shape index (κ2) is 6.00. The second-order valence-electron chi connectivity index (χ2n) is 4.45. The third-order valence-electron chi connectivity index (χ3n) is 2.87. The molecule has 0 spiro atoms. The van der Waals surface area contributed by atoms with Crippen LogP contribution in [0.1, 0.15) is 33.6 Å². The van der Waals surface area contributed by atoms with Crippen LogP contribution in [0.4, 0.5) is 11.8 Å². The molecule has 0 saturated carbocycles. The van der Waals surface area contributed by atoms with Gasteiger partial charge in [-0.15, -0.1) is 11.3 Å². The van der Waals surface area contributed by atoms with E-state index < -0.39 is 0 Å². The molecule has 0 radical (unpaired) electrons. The van der Waals surface area contributed by atoms with Crippen LogP contribution in [0.3, 0.4) is 0 Å². The van der Waals surface area contributed by atoms with Crippen LogP contribution >= 0.6 is 11.3 Å². The first-order chi connectivity index (χ1) is 8.74. The number of thiophene rings is 1. The average Bonchev–Trinajstić information content (AvgIpc) is 2.84. The summed E-state index contributed by atoms with van der Waals surface area (Å²) in [5, 5.41) is 12.0. The number of anilines is 2. The summed E-state index contributed by atoms with van der Waals surface area (Å²) in [6.07, 6.45) is 2.15. The van der Waals surface area contributed by atoms with Crippen molar-refractivity contribution in [3.63, 3.8) is 0 Å². The van der Waals surface area contributed by atoms with Gasteiger partial charge >= 0.3 is 0 Å². The van der Waals surface area contributed by atoms with Gasteiger partial charge in [-0.1, -0.05) is 13.8 Å². The van der Waals surface area contributed by atoms with Crippen molar-refractivity contribution >= 4 is 34.0 Å². The van der Waals surface area contributed by atoms with Crippen LogP contribution in [0, 0.1) is 0 Å². The number of hydrogen-bond donors (Lipinski definition) is 2. The van der Waals surface area contributed by atoms with E-state index in [4.69, 9.17) is 0 Å². The van der Waals surface area contributed by atoms with Gasteiger partial charge in [-0.25, -0.2) is 4.98 Å². The molecular formula is C13H20N4S. The largest absolute Gasteiger partial charge is 0.367 e. The summed E-state index contributed by atoms with van der Waals surface area (Å²) < 4.78 is 0. The Balaban J connectivity index is 2.32. The van der Waals surface area contributed by atoms with E-state index in [1.165, 1.54) is 0 Å². The predicted octanol–water partition coefficient (Wildman–Crippen LogP) is 3.72. The normalized spacial score (nSPS) is 12.6. The van der Waals surface area contributed by atoms with E-state index in [0.29, 0.717) is 12.0 Å². The van der Waals surface area contributed by atoms with E-state index >= 15 is 0 Å². The first kappa shape index (κ1) is 13.1. The highest BCUT2D eigenvalue weighted by Crippen LogP contribution is 2.26. The molecule has 0 bridgehead atoms. The Morgan fingerprint density at radius 1 is 1.28 bits per heavy atom. The van der Waals surface area contributed by atoms with Gasteiger partial charge in [0, 0.05) is 23.3 Å². The number of aromatic nitrogens is 2. The van der Waals surface area contributed by atoms with Crippen molar-refractivity contribution < 1.29 is 0 Å². The molecule has 98 valence electrons. The van der Waals surface area contributed by atoms with Gasteiger partial charge in [0.25, 0.3) is 0 Å². The van der Waals surface area contributed by atoms with Gasteiger partial charge < -0.3 is 10.6 Å². The van der Waals surface area contributed by atoms with Crippen LogP contribution in [-0.4, -0.2) is 22.6 Å². The van der Waals surface area contributed by atoms with E-state index in [1.807, 2.05) is 0 Å². The molecule has 0 aliphatic rings. The summed E-state index contributed by atoms with van der Waals surface area (Å²) in [6.45, 7) is 7.37. The van der Waals surface area contributed by atoms with E-state index in [1.54, 1.807) is 11.3 Å². The van der Waals surface area contributed by atoms with Crippen molar-refractivity contribution in [1.82, 2.24) is 9.97 Å². The van der Waals surface area contributed by atoms with Crippen molar-refractivity contribution in [1.29, 1.82) is 0 Å². The molecule has 18 heavy (non-hydrogen) atoms. The lowest BCUT2D eigenvalue weighted by molar-refractivity contribution is 0.760. The molecule has 0 amide bonds. The third-order valence-corrected chi connectivity index (χ3v) is 3.60. The zero-order chi connectivity index (χ0) is 13.0. The quantitative estimate of drug-likeness (QED) is 0.835. The summed E-state index contributed by atoms with van der Waals surface area (Å²) >= 11 is 1.66. The van der Waals surface area contributed by atoms with Gasteiger partial charge in [0.05, 0.1) is 10.9 Å². The van der Waals surface area contributed by atoms with E-state index in [0.717, 1.165) is 36.1 Å². The van der Waals surface area contributed by atoms with Crippen molar-refractivity contribution in [2.24, 2.45) is 0 Å². The highest BCUT2D eigenvalue weighted by atomic mass is 32.1. The Kier molecular flexibility index (Phi) is 4.36. The van der Waals surface area contributed by atoms with Crippen molar-refractivity contribution in [3.05, 3.63) is 10.8 Å². The zero-order valence-electron chi connectivity index (χ0n) is 11.2. The molecule has 1 unspecified atom stereocenters. The Labute approximate surface area is 112 Å². The standard InChI is InChI=1S/C13H20N4S/c1-4-6-14-13-16-11-8-18-7-10(11)12(17-13)15-9(3)5-2/h7-9H,4-6H2,1-3H3,(H2,14,15,16,17). The van der Waals surface area contributed by atoms with Crippen LogP contribution in [0.15, 0.2) is 10.8 Å². The summed E-state index contributed by atoms with van der Waals surface area (Å²) in [7, 11) is 0. The van der Waals surface area contributed by atoms with E-state index in [9.17, 15) is 0 Å². The molecule has 2 N–H and O–H groups in total. The molecule has 0 saturated heterocycles. The molecular weight excluding hydrogens is 244 g/mol. The topological polar surface area (TPSA) is 49.8 Å². The Bertz CT molecular complexity index is 509. The number of fused-ring (bicyclic) bond motifs is 1. The molecule has 0 aliphatic carbocycles. The minimum atomic E-state index is 0.419. The maximum Gasteiger partial charge on any atom is 0.225 e. The SMILES string of the molecule is CCCNc1nc(NC(C)CC)c2cscc2n1. The minimum Gasteiger partial charge on any atom is -0.367 e. The maximum absolute atomic E-state index is 4.57. The molecule has 0 aliphatic heterocycles. The van der Waals surface area contributed by atoms with Crippen molar-refractivity contribution in [2.75, 3.05) is 17.2 Å². The fourth-order valence-corrected chi connectivity index (χ4v) is 2.37. The third kappa shape index (κ3) is 2.90. The fraction of sp³-hybridized carbons (Fsp3) is 0.538. The van der Waals surface area contributed by atoms with Gasteiger partial charge in [-0.2, -0.15) is 4.98 Å². The lowest BCUT2D eigenvalue weighted by Crippen LogP contribution is -2.16. The zero-order valence-corrected chi connectivity index (χ0v) is 12.0. The van der Waals surface area contributed by atoms with Crippen LogP contribution in [0.2, 0.25) is 0 Å². The Morgan fingerprint density at radius 3 is 2.83 bits per heavy atom. The molecule has 0 aromatic carbocycles. The maximum atomic E-state index is 4.57. The van der Waals surface area contributed by atoms with Crippen LogP contribution < -0.4 is 10.6 Å².